The number of carbonyl (C=O) groups excluding carboxylic acids is 4. The highest BCUT2D eigenvalue weighted by Crippen LogP contribution is 2.53. The number of thiophene rings is 1. The number of likely N-dealkylation sites (tertiary alicyclic amines) is 1. The fourth-order valence-corrected chi connectivity index (χ4v) is 7.69. The molecule has 6 rings (SSSR count). The monoisotopic (exact) mass is 659 g/mol. The van der Waals surface area contributed by atoms with Gasteiger partial charge >= 0.3 is 5.66 Å². The number of hydrogen-bond acceptors (Lipinski definition) is 8. The molecular weight excluding hydrogens is 627 g/mol. The number of fused-ring (bicyclic) bond motifs is 2. The molecule has 0 bridgehead atoms. The number of nitrogens with zero attached hydrogens (tertiary/aromatic N) is 4. The lowest BCUT2D eigenvalue weighted by atomic mass is 9.92. The van der Waals surface area contributed by atoms with Crippen LogP contribution in [0, 0.1) is 0 Å². The Morgan fingerprint density at radius 2 is 1.84 bits per heavy atom. The number of amides is 4. The molecule has 3 fully saturated rings. The van der Waals surface area contributed by atoms with Crippen LogP contribution in [0.3, 0.4) is 0 Å². The van der Waals surface area contributed by atoms with Crippen LogP contribution in [0.15, 0.2) is 48.8 Å². The summed E-state index contributed by atoms with van der Waals surface area (Å²) in [5.74, 6) is -1.14. The SMILES string of the molecule is CC(=O)N1CC[C@H](NC(=O)c2cc3cc(C(F)(F)P(O)O)ccc3s2)C(=O)N2[C@H](CC[C@H]2C(=O)N2CC(c3cccnc3)C2)C1. The Bertz CT molecular complexity index is 1640. The summed E-state index contributed by atoms with van der Waals surface area (Å²) >= 11 is 1.04. The predicted molar refractivity (Wildman–Crippen MR) is 162 cm³/mol. The van der Waals surface area contributed by atoms with Crippen molar-refractivity contribution < 1.29 is 37.7 Å². The molecule has 0 unspecified atom stereocenters. The number of benzene rings is 1. The summed E-state index contributed by atoms with van der Waals surface area (Å²) in [6.45, 7) is 3.03. The van der Waals surface area contributed by atoms with E-state index < -0.39 is 37.6 Å². The van der Waals surface area contributed by atoms with E-state index in [0.29, 0.717) is 42.6 Å². The third-order valence-electron chi connectivity index (χ3n) is 8.90. The first-order chi connectivity index (χ1) is 21.4. The third kappa shape index (κ3) is 6.04. The maximum absolute atomic E-state index is 14.2. The quantitative estimate of drug-likeness (QED) is 0.346. The van der Waals surface area contributed by atoms with Gasteiger partial charge in [-0.2, -0.15) is 8.78 Å². The molecule has 15 heteroatoms. The zero-order chi connectivity index (χ0) is 32.0. The van der Waals surface area contributed by atoms with Crippen molar-refractivity contribution >= 4 is 53.4 Å². The highest BCUT2D eigenvalue weighted by molar-refractivity contribution is 7.46. The molecule has 0 saturated carbocycles. The Morgan fingerprint density at radius 3 is 2.53 bits per heavy atom. The van der Waals surface area contributed by atoms with Gasteiger partial charge in [-0.05, 0) is 54.5 Å². The van der Waals surface area contributed by atoms with Crippen LogP contribution >= 0.6 is 19.7 Å². The lowest BCUT2D eigenvalue weighted by Gasteiger charge is -2.44. The number of pyridine rings is 1. The Labute approximate surface area is 262 Å². The molecule has 0 aliphatic carbocycles. The second-order valence-corrected chi connectivity index (χ2v) is 13.9. The molecule has 3 aliphatic rings. The zero-order valence-corrected chi connectivity index (χ0v) is 26.0. The number of carbonyl (C=O) groups is 4. The smallest absolute Gasteiger partial charge is 0.339 e. The number of aromatic nitrogens is 1. The van der Waals surface area contributed by atoms with E-state index in [0.717, 1.165) is 29.0 Å². The van der Waals surface area contributed by atoms with Crippen molar-refractivity contribution in [1.29, 1.82) is 0 Å². The van der Waals surface area contributed by atoms with Crippen LogP contribution in [0.1, 0.15) is 52.9 Å². The minimum Gasteiger partial charge on any atom is -0.346 e. The standard InChI is InChI=1S/C30H32F2N5O6PS/c1-17(38)35-10-8-23(34-27(39)26-12-19-11-21(4-7-25(19)45-26)30(31,32)44(42)43)28(40)37-22(16-35)5-6-24(37)29(41)36-14-20(15-36)18-3-2-9-33-13-18/h2-4,7,9,11-13,20,22-24,42-43H,5-6,8,10,14-16H2,1H3,(H,34,39)/t22-,23+,24+/m1/s1. The van der Waals surface area contributed by atoms with Crippen LogP contribution in [0.2, 0.25) is 0 Å². The van der Waals surface area contributed by atoms with Gasteiger partial charge in [-0.3, -0.25) is 24.2 Å². The summed E-state index contributed by atoms with van der Waals surface area (Å²) in [6.07, 6.45) is 4.61. The molecule has 5 heterocycles. The molecule has 238 valence electrons. The first kappa shape index (κ1) is 31.4. The van der Waals surface area contributed by atoms with Gasteiger partial charge in [0.25, 0.3) is 5.91 Å². The Kier molecular flexibility index (Phi) is 8.59. The fourth-order valence-electron chi connectivity index (χ4n) is 6.38. The number of rotatable bonds is 6. The molecule has 3 N–H and O–H groups in total. The topological polar surface area (TPSA) is 143 Å². The van der Waals surface area contributed by atoms with Gasteiger partial charge in [-0.1, -0.05) is 12.1 Å². The minimum atomic E-state index is -3.84. The highest BCUT2D eigenvalue weighted by atomic mass is 32.1. The van der Waals surface area contributed by atoms with E-state index >= 15 is 0 Å². The van der Waals surface area contributed by atoms with Crippen LogP contribution in [0.25, 0.3) is 10.1 Å². The predicted octanol–water partition coefficient (Wildman–Crippen LogP) is 2.98. The molecule has 3 aliphatic heterocycles. The molecule has 3 aromatic rings. The van der Waals surface area contributed by atoms with E-state index in [1.54, 1.807) is 27.1 Å². The first-order valence-electron chi connectivity index (χ1n) is 14.6. The van der Waals surface area contributed by atoms with Gasteiger partial charge in [0, 0.05) is 61.7 Å². The van der Waals surface area contributed by atoms with Crippen LogP contribution in [-0.4, -0.2) is 97.4 Å². The Morgan fingerprint density at radius 1 is 1.07 bits per heavy atom. The van der Waals surface area contributed by atoms with Crippen molar-refractivity contribution in [3.8, 4) is 0 Å². The van der Waals surface area contributed by atoms with Gasteiger partial charge in [-0.15, -0.1) is 11.3 Å². The molecular formula is C30H32F2N5O6PS. The average molecular weight is 660 g/mol. The Balaban J connectivity index is 1.20. The number of alkyl halides is 2. The lowest BCUT2D eigenvalue weighted by molar-refractivity contribution is -0.151. The zero-order valence-electron chi connectivity index (χ0n) is 24.3. The maximum Gasteiger partial charge on any atom is 0.339 e. The van der Waals surface area contributed by atoms with E-state index in [-0.39, 0.29) is 47.5 Å². The largest absolute Gasteiger partial charge is 0.346 e. The van der Waals surface area contributed by atoms with Crippen LogP contribution in [0.4, 0.5) is 8.78 Å². The summed E-state index contributed by atoms with van der Waals surface area (Å²) < 4.78 is 28.9. The summed E-state index contributed by atoms with van der Waals surface area (Å²) in [6, 6.07) is 6.70. The molecule has 11 nitrogen and oxygen atoms in total. The average Bonchev–Trinajstić information content (AvgIpc) is 3.60. The van der Waals surface area contributed by atoms with Crippen LogP contribution < -0.4 is 5.32 Å². The maximum atomic E-state index is 14.2. The van der Waals surface area contributed by atoms with Crippen molar-refractivity contribution in [2.24, 2.45) is 0 Å². The van der Waals surface area contributed by atoms with E-state index in [9.17, 15) is 28.0 Å². The number of hydrogen-bond donors (Lipinski definition) is 3. The Hall–Kier alpha value is -3.58. The van der Waals surface area contributed by atoms with Gasteiger partial charge in [0.05, 0.1) is 10.9 Å². The lowest BCUT2D eigenvalue weighted by Crippen LogP contribution is -2.62. The summed E-state index contributed by atoms with van der Waals surface area (Å²) in [5.41, 5.74) is -3.37. The van der Waals surface area contributed by atoms with Crippen molar-refractivity contribution in [2.45, 2.75) is 55.9 Å². The molecule has 0 radical (unpaired) electrons. The molecule has 3 saturated heterocycles. The van der Waals surface area contributed by atoms with Crippen molar-refractivity contribution in [3.63, 3.8) is 0 Å². The molecule has 1 aromatic carbocycles. The van der Waals surface area contributed by atoms with E-state index in [4.69, 9.17) is 9.79 Å². The van der Waals surface area contributed by atoms with E-state index in [2.05, 4.69) is 10.3 Å². The normalized spacial score (nSPS) is 22.7. The second kappa shape index (κ2) is 12.3. The first-order valence-corrected chi connectivity index (χ1v) is 16.7. The van der Waals surface area contributed by atoms with Crippen LogP contribution in [0.5, 0.6) is 0 Å². The van der Waals surface area contributed by atoms with E-state index in [1.165, 1.54) is 19.1 Å². The van der Waals surface area contributed by atoms with Crippen molar-refractivity contribution in [2.75, 3.05) is 26.2 Å². The van der Waals surface area contributed by atoms with Gasteiger partial charge in [-0.25, -0.2) is 0 Å². The molecule has 3 atom stereocenters. The number of nitrogens with one attached hydrogen (secondary N) is 1. The van der Waals surface area contributed by atoms with Gasteiger partial charge in [0.1, 0.15) is 12.1 Å². The van der Waals surface area contributed by atoms with Gasteiger partial charge < -0.3 is 29.8 Å². The fraction of sp³-hybridized carbons (Fsp3) is 0.433. The van der Waals surface area contributed by atoms with Gasteiger partial charge in [0.2, 0.25) is 26.1 Å². The van der Waals surface area contributed by atoms with E-state index in [1.807, 2.05) is 12.1 Å². The highest BCUT2D eigenvalue weighted by Gasteiger charge is 2.48. The van der Waals surface area contributed by atoms with Gasteiger partial charge in [0.15, 0.2) is 0 Å². The second-order valence-electron chi connectivity index (χ2n) is 11.7. The van der Waals surface area contributed by atoms with Crippen molar-refractivity contribution in [1.82, 2.24) is 25.0 Å². The summed E-state index contributed by atoms with van der Waals surface area (Å²) in [5, 5.41) is 3.09. The molecule has 0 spiro atoms. The molecule has 2 aromatic heterocycles. The van der Waals surface area contributed by atoms with Crippen molar-refractivity contribution in [3.05, 3.63) is 64.8 Å². The molecule has 45 heavy (non-hydrogen) atoms. The molecule has 4 amide bonds. The summed E-state index contributed by atoms with van der Waals surface area (Å²) in [7, 11) is -3.55. The summed E-state index contributed by atoms with van der Waals surface area (Å²) in [4.78, 5) is 81.1. The minimum absolute atomic E-state index is 0.138. The van der Waals surface area contributed by atoms with Crippen LogP contribution in [-0.2, 0) is 20.0 Å². The number of halogens is 2. The third-order valence-corrected chi connectivity index (χ3v) is 10.8.